The van der Waals surface area contributed by atoms with E-state index in [-0.39, 0.29) is 0 Å². The largest absolute Gasteiger partial charge is 0.0654 e. The molecule has 1 saturated carbocycles. The summed E-state index contributed by atoms with van der Waals surface area (Å²) in [5.74, 6) is 2.02. The third-order valence-corrected chi connectivity index (χ3v) is 3.95. The number of hydrogen-bond donors (Lipinski definition) is 0. The maximum absolute atomic E-state index is 2.44. The fourth-order valence-corrected chi connectivity index (χ4v) is 3.16. The highest BCUT2D eigenvalue weighted by Gasteiger charge is 2.32. The highest BCUT2D eigenvalue weighted by molar-refractivity contribution is 4.83. The Labute approximate surface area is 90.5 Å². The van der Waals surface area contributed by atoms with Crippen LogP contribution in [0.1, 0.15) is 72.6 Å². The monoisotopic (exact) mass is 196 g/mol. The van der Waals surface area contributed by atoms with Crippen molar-refractivity contribution in [1.82, 2.24) is 0 Å². The van der Waals surface area contributed by atoms with Gasteiger partial charge in [-0.1, -0.05) is 66.2 Å². The molecule has 1 atom stereocenters. The van der Waals surface area contributed by atoms with E-state index in [1.54, 1.807) is 0 Å². The van der Waals surface area contributed by atoms with Gasteiger partial charge < -0.3 is 0 Å². The third-order valence-electron chi connectivity index (χ3n) is 3.95. The van der Waals surface area contributed by atoms with E-state index in [2.05, 4.69) is 27.7 Å². The SMILES string of the molecule is CCCCC(C1CCCC1)C(C)(C)C. The fourth-order valence-electron chi connectivity index (χ4n) is 3.16. The summed E-state index contributed by atoms with van der Waals surface area (Å²) in [7, 11) is 0. The van der Waals surface area contributed by atoms with Gasteiger partial charge in [0.25, 0.3) is 0 Å². The molecular formula is C14H28. The summed E-state index contributed by atoms with van der Waals surface area (Å²) < 4.78 is 0. The first kappa shape index (κ1) is 12.1. The molecule has 1 aliphatic carbocycles. The van der Waals surface area contributed by atoms with Crippen LogP contribution in [0.5, 0.6) is 0 Å². The van der Waals surface area contributed by atoms with E-state index >= 15 is 0 Å². The second-order valence-corrected chi connectivity index (χ2v) is 6.16. The minimum Gasteiger partial charge on any atom is -0.0654 e. The number of hydrogen-bond acceptors (Lipinski definition) is 0. The molecule has 0 aliphatic heterocycles. The topological polar surface area (TPSA) is 0 Å². The van der Waals surface area contributed by atoms with Crippen molar-refractivity contribution in [2.24, 2.45) is 17.3 Å². The van der Waals surface area contributed by atoms with Crippen LogP contribution < -0.4 is 0 Å². The lowest BCUT2D eigenvalue weighted by atomic mass is 9.70. The molecule has 0 aromatic heterocycles. The quantitative estimate of drug-likeness (QED) is 0.591. The van der Waals surface area contributed by atoms with Crippen molar-refractivity contribution in [2.45, 2.75) is 72.6 Å². The molecule has 1 rings (SSSR count). The average molecular weight is 196 g/mol. The molecule has 0 heterocycles. The zero-order valence-electron chi connectivity index (χ0n) is 10.6. The van der Waals surface area contributed by atoms with Crippen LogP contribution in [-0.2, 0) is 0 Å². The van der Waals surface area contributed by atoms with Crippen molar-refractivity contribution in [3.05, 3.63) is 0 Å². The van der Waals surface area contributed by atoms with Crippen molar-refractivity contribution in [1.29, 1.82) is 0 Å². The summed E-state index contributed by atoms with van der Waals surface area (Å²) >= 11 is 0. The van der Waals surface area contributed by atoms with Crippen LogP contribution in [0, 0.1) is 17.3 Å². The molecule has 0 saturated heterocycles. The van der Waals surface area contributed by atoms with Gasteiger partial charge in [0.2, 0.25) is 0 Å². The molecule has 0 N–H and O–H groups in total. The normalized spacial score (nSPS) is 21.4. The van der Waals surface area contributed by atoms with Gasteiger partial charge in [0, 0.05) is 0 Å². The van der Waals surface area contributed by atoms with Gasteiger partial charge >= 0.3 is 0 Å². The number of rotatable bonds is 4. The lowest BCUT2D eigenvalue weighted by Gasteiger charge is -2.35. The molecule has 1 aliphatic rings. The second kappa shape index (κ2) is 5.19. The summed E-state index contributed by atoms with van der Waals surface area (Å²) in [6, 6.07) is 0. The van der Waals surface area contributed by atoms with Crippen molar-refractivity contribution in [3.63, 3.8) is 0 Å². The van der Waals surface area contributed by atoms with Crippen LogP contribution in [0.2, 0.25) is 0 Å². The second-order valence-electron chi connectivity index (χ2n) is 6.16. The standard InChI is InChI=1S/C14H28/c1-5-6-11-13(14(2,3)4)12-9-7-8-10-12/h12-13H,5-11H2,1-4H3. The van der Waals surface area contributed by atoms with Crippen LogP contribution >= 0.6 is 0 Å². The maximum Gasteiger partial charge on any atom is -0.0337 e. The molecule has 84 valence electrons. The Hall–Kier alpha value is 0. The van der Waals surface area contributed by atoms with E-state index in [0.29, 0.717) is 5.41 Å². The van der Waals surface area contributed by atoms with Crippen molar-refractivity contribution in [3.8, 4) is 0 Å². The summed E-state index contributed by atoms with van der Waals surface area (Å²) in [6.07, 6.45) is 10.2. The van der Waals surface area contributed by atoms with Gasteiger partial charge in [-0.05, 0) is 23.7 Å². The molecule has 0 heteroatoms. The highest BCUT2D eigenvalue weighted by Crippen LogP contribution is 2.43. The zero-order valence-corrected chi connectivity index (χ0v) is 10.6. The highest BCUT2D eigenvalue weighted by atomic mass is 14.4. The van der Waals surface area contributed by atoms with Crippen molar-refractivity contribution in [2.75, 3.05) is 0 Å². The molecule has 0 aromatic carbocycles. The van der Waals surface area contributed by atoms with Crippen molar-refractivity contribution >= 4 is 0 Å². The van der Waals surface area contributed by atoms with E-state index in [1.807, 2.05) is 0 Å². The van der Waals surface area contributed by atoms with E-state index in [4.69, 9.17) is 0 Å². The molecule has 1 fully saturated rings. The minimum atomic E-state index is 0.532. The summed E-state index contributed by atoms with van der Waals surface area (Å²) in [4.78, 5) is 0. The molecule has 0 amide bonds. The van der Waals surface area contributed by atoms with Crippen LogP contribution in [0.4, 0.5) is 0 Å². The van der Waals surface area contributed by atoms with Gasteiger partial charge in [-0.15, -0.1) is 0 Å². The molecule has 1 unspecified atom stereocenters. The lowest BCUT2D eigenvalue weighted by Crippen LogP contribution is -2.26. The Balaban J connectivity index is 2.51. The first-order chi connectivity index (χ1) is 6.55. The Kier molecular flexibility index (Phi) is 4.47. The maximum atomic E-state index is 2.44. The molecule has 0 bridgehead atoms. The summed E-state index contributed by atoms with van der Waals surface area (Å²) in [6.45, 7) is 9.62. The molecular weight excluding hydrogens is 168 g/mol. The molecule has 0 nitrogen and oxygen atoms in total. The Morgan fingerprint density at radius 1 is 1.14 bits per heavy atom. The van der Waals surface area contributed by atoms with Gasteiger partial charge in [0.15, 0.2) is 0 Å². The van der Waals surface area contributed by atoms with Crippen LogP contribution in [-0.4, -0.2) is 0 Å². The lowest BCUT2D eigenvalue weighted by molar-refractivity contribution is 0.145. The third kappa shape index (κ3) is 3.29. The molecule has 0 aromatic rings. The average Bonchev–Trinajstić information content (AvgIpc) is 2.55. The smallest absolute Gasteiger partial charge is 0.0337 e. The summed E-state index contributed by atoms with van der Waals surface area (Å²) in [5.41, 5.74) is 0.532. The number of unbranched alkanes of at least 4 members (excludes halogenated alkanes) is 1. The Bertz CT molecular complexity index is 146. The van der Waals surface area contributed by atoms with Crippen LogP contribution in [0.15, 0.2) is 0 Å². The minimum absolute atomic E-state index is 0.532. The molecule has 14 heavy (non-hydrogen) atoms. The fraction of sp³-hybridized carbons (Fsp3) is 1.00. The van der Waals surface area contributed by atoms with Gasteiger partial charge in [-0.25, -0.2) is 0 Å². The van der Waals surface area contributed by atoms with Crippen molar-refractivity contribution < 1.29 is 0 Å². The predicted octanol–water partition coefficient (Wildman–Crippen LogP) is 5.03. The zero-order chi connectivity index (χ0) is 10.6. The van der Waals surface area contributed by atoms with E-state index in [0.717, 1.165) is 11.8 Å². The first-order valence-electron chi connectivity index (χ1n) is 6.55. The van der Waals surface area contributed by atoms with Gasteiger partial charge in [0.05, 0.1) is 0 Å². The van der Waals surface area contributed by atoms with Gasteiger partial charge in [0.1, 0.15) is 0 Å². The Morgan fingerprint density at radius 2 is 1.71 bits per heavy atom. The Morgan fingerprint density at radius 3 is 2.14 bits per heavy atom. The summed E-state index contributed by atoms with van der Waals surface area (Å²) in [5, 5.41) is 0. The molecule has 0 radical (unpaired) electrons. The first-order valence-corrected chi connectivity index (χ1v) is 6.55. The van der Waals surface area contributed by atoms with E-state index in [9.17, 15) is 0 Å². The predicted molar refractivity (Wildman–Crippen MR) is 64.4 cm³/mol. The van der Waals surface area contributed by atoms with E-state index < -0.39 is 0 Å². The van der Waals surface area contributed by atoms with Gasteiger partial charge in [-0.2, -0.15) is 0 Å². The molecule has 0 spiro atoms. The van der Waals surface area contributed by atoms with Gasteiger partial charge in [-0.3, -0.25) is 0 Å². The van der Waals surface area contributed by atoms with Crippen LogP contribution in [0.3, 0.4) is 0 Å². The van der Waals surface area contributed by atoms with Crippen LogP contribution in [0.25, 0.3) is 0 Å². The van der Waals surface area contributed by atoms with E-state index in [1.165, 1.54) is 44.9 Å².